The van der Waals surface area contributed by atoms with Gasteiger partial charge in [-0.25, -0.2) is 0 Å². The first kappa shape index (κ1) is 18.1. The number of hydrogen-bond acceptors (Lipinski definition) is 3. The lowest BCUT2D eigenvalue weighted by Crippen LogP contribution is -2.47. The fraction of sp³-hybridized carbons (Fsp3) is 0.455. The number of hydrogen-bond donors (Lipinski definition) is 2. The van der Waals surface area contributed by atoms with E-state index in [9.17, 15) is 0 Å². The second-order valence-corrected chi connectivity index (χ2v) is 7.92. The SMILES string of the molecule is CC1(C)C[C@@H]([C@H](N)Cc2ccccc2)[C@H]([C@H](N)Cc2ccccc2)O1. The summed E-state index contributed by atoms with van der Waals surface area (Å²) in [5, 5.41) is 0. The zero-order valence-corrected chi connectivity index (χ0v) is 15.3. The standard InChI is InChI=1S/C22H30N2O/c1-22(2)15-18(19(23)13-16-9-5-3-6-10-16)21(25-22)20(24)14-17-11-7-4-8-12-17/h3-12,18-21H,13-15,23-24H2,1-2H3/t18-,19+,20+,21+/m0/s1. The van der Waals surface area contributed by atoms with Crippen molar-refractivity contribution in [3.05, 3.63) is 71.8 Å². The highest BCUT2D eigenvalue weighted by Crippen LogP contribution is 2.38. The van der Waals surface area contributed by atoms with Crippen molar-refractivity contribution in [2.24, 2.45) is 17.4 Å². The van der Waals surface area contributed by atoms with Crippen molar-refractivity contribution in [2.45, 2.75) is 56.9 Å². The first-order chi connectivity index (χ1) is 11.9. The van der Waals surface area contributed by atoms with Crippen LogP contribution in [0.1, 0.15) is 31.4 Å². The number of rotatable bonds is 6. The molecule has 134 valence electrons. The van der Waals surface area contributed by atoms with E-state index in [4.69, 9.17) is 16.2 Å². The molecule has 3 heteroatoms. The average molecular weight is 338 g/mol. The second kappa shape index (κ2) is 7.69. The van der Waals surface area contributed by atoms with E-state index in [2.05, 4.69) is 62.4 Å². The van der Waals surface area contributed by atoms with Crippen LogP contribution in [0, 0.1) is 5.92 Å². The van der Waals surface area contributed by atoms with E-state index >= 15 is 0 Å². The maximum atomic E-state index is 6.62. The smallest absolute Gasteiger partial charge is 0.0780 e. The average Bonchev–Trinajstić information content (AvgIpc) is 2.93. The summed E-state index contributed by atoms with van der Waals surface area (Å²) < 4.78 is 6.35. The fourth-order valence-corrected chi connectivity index (χ4v) is 4.03. The molecule has 1 aliphatic rings. The van der Waals surface area contributed by atoms with E-state index in [-0.39, 0.29) is 29.7 Å². The van der Waals surface area contributed by atoms with Crippen molar-refractivity contribution in [3.8, 4) is 0 Å². The lowest BCUT2D eigenvalue weighted by molar-refractivity contribution is -0.0333. The van der Waals surface area contributed by atoms with Gasteiger partial charge in [0.25, 0.3) is 0 Å². The van der Waals surface area contributed by atoms with Gasteiger partial charge in [0.15, 0.2) is 0 Å². The summed E-state index contributed by atoms with van der Waals surface area (Å²) in [6.07, 6.45) is 2.62. The molecule has 1 heterocycles. The van der Waals surface area contributed by atoms with Gasteiger partial charge in [-0.1, -0.05) is 60.7 Å². The van der Waals surface area contributed by atoms with Crippen molar-refractivity contribution in [1.82, 2.24) is 0 Å². The maximum Gasteiger partial charge on any atom is 0.0780 e. The molecule has 25 heavy (non-hydrogen) atoms. The lowest BCUT2D eigenvalue weighted by atomic mass is 9.82. The Morgan fingerprint density at radius 1 is 0.880 bits per heavy atom. The highest BCUT2D eigenvalue weighted by atomic mass is 16.5. The van der Waals surface area contributed by atoms with Crippen molar-refractivity contribution >= 4 is 0 Å². The predicted molar refractivity (Wildman–Crippen MR) is 103 cm³/mol. The number of ether oxygens (including phenoxy) is 1. The van der Waals surface area contributed by atoms with Gasteiger partial charge in [0.1, 0.15) is 0 Å². The Bertz CT molecular complexity index is 599. The van der Waals surface area contributed by atoms with Gasteiger partial charge in [0, 0.05) is 18.0 Å². The molecule has 3 nitrogen and oxygen atoms in total. The Hall–Kier alpha value is -1.68. The van der Waals surface area contributed by atoms with Crippen LogP contribution in [0.15, 0.2) is 60.7 Å². The molecule has 0 unspecified atom stereocenters. The summed E-state index contributed by atoms with van der Waals surface area (Å²) in [6, 6.07) is 20.8. The molecule has 0 saturated carbocycles. The lowest BCUT2D eigenvalue weighted by Gasteiger charge is -2.29. The van der Waals surface area contributed by atoms with E-state index in [1.165, 1.54) is 11.1 Å². The quantitative estimate of drug-likeness (QED) is 0.849. The Morgan fingerprint density at radius 3 is 1.88 bits per heavy atom. The van der Waals surface area contributed by atoms with Gasteiger partial charge < -0.3 is 16.2 Å². The second-order valence-electron chi connectivity index (χ2n) is 7.92. The van der Waals surface area contributed by atoms with Gasteiger partial charge in [0.2, 0.25) is 0 Å². The molecule has 4 atom stereocenters. The zero-order chi connectivity index (χ0) is 17.9. The molecule has 0 aromatic heterocycles. The number of benzene rings is 2. The summed E-state index contributed by atoms with van der Waals surface area (Å²) in [7, 11) is 0. The normalized spacial score (nSPS) is 24.8. The summed E-state index contributed by atoms with van der Waals surface area (Å²) in [5.41, 5.74) is 15.5. The molecule has 0 aliphatic carbocycles. The largest absolute Gasteiger partial charge is 0.370 e. The molecule has 3 rings (SSSR count). The Kier molecular flexibility index (Phi) is 5.57. The van der Waals surface area contributed by atoms with Crippen LogP contribution in [0.2, 0.25) is 0 Å². The Morgan fingerprint density at radius 2 is 1.36 bits per heavy atom. The molecule has 2 aromatic carbocycles. The summed E-state index contributed by atoms with van der Waals surface area (Å²) in [5.74, 6) is 0.272. The van der Waals surface area contributed by atoms with E-state index in [1.54, 1.807) is 0 Å². The highest BCUT2D eigenvalue weighted by Gasteiger charge is 2.45. The van der Waals surface area contributed by atoms with Crippen LogP contribution in [-0.4, -0.2) is 23.8 Å². The van der Waals surface area contributed by atoms with Gasteiger partial charge in [-0.05, 0) is 44.2 Å². The Labute approximate surface area is 151 Å². The zero-order valence-electron chi connectivity index (χ0n) is 15.3. The minimum absolute atomic E-state index is 0.00563. The first-order valence-electron chi connectivity index (χ1n) is 9.21. The molecule has 0 bridgehead atoms. The predicted octanol–water partition coefficient (Wildman–Crippen LogP) is 3.31. The van der Waals surface area contributed by atoms with Crippen LogP contribution in [0.5, 0.6) is 0 Å². The molecule has 2 aromatic rings. The van der Waals surface area contributed by atoms with Crippen molar-refractivity contribution in [1.29, 1.82) is 0 Å². The van der Waals surface area contributed by atoms with Crippen molar-refractivity contribution < 1.29 is 4.74 Å². The molecule has 0 radical (unpaired) electrons. The summed E-state index contributed by atoms with van der Waals surface area (Å²) in [6.45, 7) is 4.29. The van der Waals surface area contributed by atoms with Crippen molar-refractivity contribution in [2.75, 3.05) is 0 Å². The van der Waals surface area contributed by atoms with Gasteiger partial charge >= 0.3 is 0 Å². The molecule has 0 amide bonds. The minimum atomic E-state index is -0.169. The highest BCUT2D eigenvalue weighted by molar-refractivity contribution is 5.18. The van der Waals surface area contributed by atoms with Crippen LogP contribution in [0.4, 0.5) is 0 Å². The summed E-state index contributed by atoms with van der Waals surface area (Å²) >= 11 is 0. The number of nitrogens with two attached hydrogens (primary N) is 2. The fourth-order valence-electron chi connectivity index (χ4n) is 4.03. The maximum absolute atomic E-state index is 6.62. The van der Waals surface area contributed by atoms with E-state index in [0.717, 1.165) is 19.3 Å². The van der Waals surface area contributed by atoms with Crippen LogP contribution in [0.3, 0.4) is 0 Å². The van der Waals surface area contributed by atoms with Crippen LogP contribution in [-0.2, 0) is 17.6 Å². The minimum Gasteiger partial charge on any atom is -0.370 e. The molecule has 1 aliphatic heterocycles. The molecular formula is C22H30N2O. The van der Waals surface area contributed by atoms with Crippen LogP contribution in [0.25, 0.3) is 0 Å². The molecule has 0 spiro atoms. The van der Waals surface area contributed by atoms with E-state index in [0.29, 0.717) is 0 Å². The summed E-state index contributed by atoms with van der Waals surface area (Å²) in [4.78, 5) is 0. The van der Waals surface area contributed by atoms with Crippen molar-refractivity contribution in [3.63, 3.8) is 0 Å². The topological polar surface area (TPSA) is 61.3 Å². The van der Waals surface area contributed by atoms with E-state index < -0.39 is 0 Å². The van der Waals surface area contributed by atoms with Crippen LogP contribution >= 0.6 is 0 Å². The van der Waals surface area contributed by atoms with Gasteiger partial charge in [0.05, 0.1) is 11.7 Å². The van der Waals surface area contributed by atoms with Gasteiger partial charge in [-0.3, -0.25) is 0 Å². The molecule has 1 fully saturated rings. The third-order valence-corrected chi connectivity index (χ3v) is 5.20. The first-order valence-corrected chi connectivity index (χ1v) is 9.21. The van der Waals surface area contributed by atoms with Gasteiger partial charge in [-0.2, -0.15) is 0 Å². The van der Waals surface area contributed by atoms with Gasteiger partial charge in [-0.15, -0.1) is 0 Å². The molecule has 1 saturated heterocycles. The Balaban J connectivity index is 1.71. The molecular weight excluding hydrogens is 308 g/mol. The third kappa shape index (κ3) is 4.69. The molecule has 4 N–H and O–H groups in total. The third-order valence-electron chi connectivity index (χ3n) is 5.20. The monoisotopic (exact) mass is 338 g/mol. The van der Waals surface area contributed by atoms with Crippen LogP contribution < -0.4 is 11.5 Å². The van der Waals surface area contributed by atoms with E-state index in [1.807, 2.05) is 12.1 Å².